The molecule has 0 radical (unpaired) electrons. The summed E-state index contributed by atoms with van der Waals surface area (Å²) in [6, 6.07) is 10.3. The van der Waals surface area contributed by atoms with Gasteiger partial charge in [-0.3, -0.25) is 9.69 Å². The summed E-state index contributed by atoms with van der Waals surface area (Å²) in [5.41, 5.74) is 7.46. The van der Waals surface area contributed by atoms with Gasteiger partial charge in [-0.05, 0) is 18.7 Å². The molecule has 0 spiro atoms. The summed E-state index contributed by atoms with van der Waals surface area (Å²) in [5, 5.41) is 0. The van der Waals surface area contributed by atoms with Gasteiger partial charge in [0.2, 0.25) is 5.91 Å². The van der Waals surface area contributed by atoms with E-state index < -0.39 is 0 Å². The van der Waals surface area contributed by atoms with Crippen LogP contribution < -0.4 is 5.73 Å². The van der Waals surface area contributed by atoms with Gasteiger partial charge in [0.25, 0.3) is 0 Å². The van der Waals surface area contributed by atoms with Crippen LogP contribution >= 0.6 is 0 Å². The van der Waals surface area contributed by atoms with Crippen molar-refractivity contribution in [2.45, 2.75) is 25.8 Å². The molecule has 4 nitrogen and oxygen atoms in total. The van der Waals surface area contributed by atoms with Crippen LogP contribution in [0.2, 0.25) is 0 Å². The Labute approximate surface area is 121 Å². The molecule has 1 aliphatic heterocycles. The molecule has 20 heavy (non-hydrogen) atoms. The van der Waals surface area contributed by atoms with Crippen molar-refractivity contribution in [1.82, 2.24) is 9.80 Å². The molecule has 1 saturated heterocycles. The molecule has 1 aliphatic rings. The Hall–Kier alpha value is -1.39. The minimum atomic E-state index is 0.0399. The molecule has 110 valence electrons. The predicted molar refractivity (Wildman–Crippen MR) is 81.5 cm³/mol. The lowest BCUT2D eigenvalue weighted by Crippen LogP contribution is -2.40. The Morgan fingerprint density at radius 3 is 2.50 bits per heavy atom. The zero-order valence-electron chi connectivity index (χ0n) is 12.5. The summed E-state index contributed by atoms with van der Waals surface area (Å²) < 4.78 is 0. The molecule has 0 saturated carbocycles. The van der Waals surface area contributed by atoms with Gasteiger partial charge in [0.05, 0.1) is 6.54 Å². The maximum Gasteiger partial charge on any atom is 0.236 e. The average molecular weight is 275 g/mol. The molecule has 1 heterocycles. The molecule has 0 bridgehead atoms. The molecule has 1 fully saturated rings. The lowest BCUT2D eigenvalue weighted by molar-refractivity contribution is -0.131. The summed E-state index contributed by atoms with van der Waals surface area (Å²) in [6.07, 6.45) is 0. The highest BCUT2D eigenvalue weighted by Crippen LogP contribution is 2.26. The standard InChI is InChI=1S/C16H25N3O/c1-3-18(4-2)12-16(20)19-10-14(15(17)11-19)13-8-6-5-7-9-13/h5-9,14-15H,3-4,10-12,17H2,1-2H3/t14-,15+/m0/s1. The third-order valence-electron chi connectivity index (χ3n) is 4.20. The largest absolute Gasteiger partial charge is 0.339 e. The van der Waals surface area contributed by atoms with Gasteiger partial charge in [-0.2, -0.15) is 0 Å². The lowest BCUT2D eigenvalue weighted by Gasteiger charge is -2.22. The molecule has 1 amide bonds. The summed E-state index contributed by atoms with van der Waals surface area (Å²) in [5.74, 6) is 0.458. The number of likely N-dealkylation sites (tertiary alicyclic amines) is 1. The van der Waals surface area contributed by atoms with E-state index in [1.807, 2.05) is 23.1 Å². The van der Waals surface area contributed by atoms with Crippen molar-refractivity contribution in [2.75, 3.05) is 32.7 Å². The Balaban J connectivity index is 1.98. The lowest BCUT2D eigenvalue weighted by atomic mass is 9.95. The fourth-order valence-electron chi connectivity index (χ4n) is 2.82. The summed E-state index contributed by atoms with van der Waals surface area (Å²) in [6.45, 7) is 7.89. The number of amides is 1. The number of rotatable bonds is 5. The molecule has 0 aliphatic carbocycles. The molecule has 4 heteroatoms. The number of carbonyl (C=O) groups is 1. The molecular formula is C16H25N3O. The number of benzene rings is 1. The minimum absolute atomic E-state index is 0.0399. The van der Waals surface area contributed by atoms with Crippen LogP contribution in [0.25, 0.3) is 0 Å². The van der Waals surface area contributed by atoms with Crippen LogP contribution in [-0.4, -0.2) is 54.5 Å². The van der Waals surface area contributed by atoms with E-state index in [-0.39, 0.29) is 17.9 Å². The van der Waals surface area contributed by atoms with Crippen LogP contribution in [0.1, 0.15) is 25.3 Å². The van der Waals surface area contributed by atoms with E-state index in [9.17, 15) is 4.79 Å². The van der Waals surface area contributed by atoms with Crippen LogP contribution in [0.4, 0.5) is 0 Å². The first kappa shape index (κ1) is 15.0. The highest BCUT2D eigenvalue weighted by atomic mass is 16.2. The fraction of sp³-hybridized carbons (Fsp3) is 0.562. The van der Waals surface area contributed by atoms with Crippen molar-refractivity contribution in [1.29, 1.82) is 0 Å². The second kappa shape index (κ2) is 6.86. The summed E-state index contributed by atoms with van der Waals surface area (Å²) >= 11 is 0. The molecule has 2 atom stereocenters. The second-order valence-electron chi connectivity index (χ2n) is 5.44. The smallest absolute Gasteiger partial charge is 0.236 e. The van der Waals surface area contributed by atoms with Crippen molar-refractivity contribution < 1.29 is 4.79 Å². The predicted octanol–water partition coefficient (Wildman–Crippen LogP) is 1.28. The fourth-order valence-corrected chi connectivity index (χ4v) is 2.82. The van der Waals surface area contributed by atoms with Crippen LogP contribution in [0.3, 0.4) is 0 Å². The first-order chi connectivity index (χ1) is 9.65. The maximum atomic E-state index is 12.3. The van der Waals surface area contributed by atoms with Gasteiger partial charge < -0.3 is 10.6 Å². The Bertz CT molecular complexity index is 431. The highest BCUT2D eigenvalue weighted by molar-refractivity contribution is 5.78. The van der Waals surface area contributed by atoms with E-state index in [0.717, 1.165) is 19.6 Å². The van der Waals surface area contributed by atoms with E-state index in [0.29, 0.717) is 13.1 Å². The van der Waals surface area contributed by atoms with Gasteiger partial charge in [-0.25, -0.2) is 0 Å². The normalized spacial score (nSPS) is 22.5. The average Bonchev–Trinajstić information content (AvgIpc) is 2.87. The monoisotopic (exact) mass is 275 g/mol. The number of nitrogens with zero attached hydrogens (tertiary/aromatic N) is 2. The number of hydrogen-bond donors (Lipinski definition) is 1. The van der Waals surface area contributed by atoms with Crippen molar-refractivity contribution in [3.05, 3.63) is 35.9 Å². The van der Waals surface area contributed by atoms with Crippen LogP contribution in [0, 0.1) is 0 Å². The number of carbonyl (C=O) groups excluding carboxylic acids is 1. The number of nitrogens with two attached hydrogens (primary N) is 1. The first-order valence-corrected chi connectivity index (χ1v) is 7.46. The molecule has 2 N–H and O–H groups in total. The first-order valence-electron chi connectivity index (χ1n) is 7.46. The van der Waals surface area contributed by atoms with Crippen LogP contribution in [-0.2, 0) is 4.79 Å². The number of likely N-dealkylation sites (N-methyl/N-ethyl adjacent to an activating group) is 1. The molecule has 0 unspecified atom stereocenters. The minimum Gasteiger partial charge on any atom is -0.339 e. The van der Waals surface area contributed by atoms with E-state index in [4.69, 9.17) is 5.73 Å². The van der Waals surface area contributed by atoms with E-state index in [2.05, 4.69) is 30.9 Å². The van der Waals surface area contributed by atoms with Crippen LogP contribution in [0.5, 0.6) is 0 Å². The van der Waals surface area contributed by atoms with Gasteiger partial charge in [0, 0.05) is 25.0 Å². The molecular weight excluding hydrogens is 250 g/mol. The van der Waals surface area contributed by atoms with Crippen molar-refractivity contribution in [3.63, 3.8) is 0 Å². The van der Waals surface area contributed by atoms with Gasteiger partial charge >= 0.3 is 0 Å². The van der Waals surface area contributed by atoms with Gasteiger partial charge in [0.15, 0.2) is 0 Å². The molecule has 0 aromatic heterocycles. The Morgan fingerprint density at radius 1 is 1.25 bits per heavy atom. The van der Waals surface area contributed by atoms with Crippen molar-refractivity contribution in [2.24, 2.45) is 5.73 Å². The quantitative estimate of drug-likeness (QED) is 0.881. The zero-order chi connectivity index (χ0) is 14.5. The third-order valence-corrected chi connectivity index (χ3v) is 4.20. The zero-order valence-corrected chi connectivity index (χ0v) is 12.5. The summed E-state index contributed by atoms with van der Waals surface area (Å²) in [4.78, 5) is 16.4. The molecule has 1 aromatic rings. The number of hydrogen-bond acceptors (Lipinski definition) is 3. The Morgan fingerprint density at radius 2 is 1.90 bits per heavy atom. The molecule has 1 aromatic carbocycles. The molecule has 2 rings (SSSR count). The second-order valence-corrected chi connectivity index (χ2v) is 5.44. The topological polar surface area (TPSA) is 49.6 Å². The van der Waals surface area contributed by atoms with Crippen LogP contribution in [0.15, 0.2) is 30.3 Å². The SMILES string of the molecule is CCN(CC)CC(=O)N1C[C@@H](N)[C@H](c2ccccc2)C1. The maximum absolute atomic E-state index is 12.3. The van der Waals surface area contributed by atoms with Crippen molar-refractivity contribution >= 4 is 5.91 Å². The van der Waals surface area contributed by atoms with E-state index >= 15 is 0 Å². The van der Waals surface area contributed by atoms with E-state index in [1.54, 1.807) is 0 Å². The third kappa shape index (κ3) is 3.38. The van der Waals surface area contributed by atoms with Gasteiger partial charge in [-0.15, -0.1) is 0 Å². The summed E-state index contributed by atoms with van der Waals surface area (Å²) in [7, 11) is 0. The van der Waals surface area contributed by atoms with E-state index in [1.165, 1.54) is 5.56 Å². The van der Waals surface area contributed by atoms with Gasteiger partial charge in [-0.1, -0.05) is 44.2 Å². The van der Waals surface area contributed by atoms with Gasteiger partial charge in [0.1, 0.15) is 0 Å². The highest BCUT2D eigenvalue weighted by Gasteiger charge is 2.33. The Kier molecular flexibility index (Phi) is 5.15. The van der Waals surface area contributed by atoms with Crippen molar-refractivity contribution in [3.8, 4) is 0 Å².